The van der Waals surface area contributed by atoms with Crippen LogP contribution in [0.2, 0.25) is 10.0 Å². The van der Waals surface area contributed by atoms with Crippen LogP contribution in [0.3, 0.4) is 0 Å². The maximum atomic E-state index is 12.7. The van der Waals surface area contributed by atoms with Crippen molar-refractivity contribution in [3.63, 3.8) is 0 Å². The Balaban J connectivity index is 1.65. The minimum atomic E-state index is -0.0935. The van der Waals surface area contributed by atoms with Crippen LogP contribution < -0.4 is 0 Å². The van der Waals surface area contributed by atoms with Crippen LogP contribution in [0.1, 0.15) is 27.3 Å². The number of hydrogen-bond donors (Lipinski definition) is 0. The van der Waals surface area contributed by atoms with E-state index in [9.17, 15) is 4.79 Å². The molecule has 7 heteroatoms. The molecule has 0 atom stereocenters. The fraction of sp³-hybridized carbons (Fsp3) is 0.444. The van der Waals surface area contributed by atoms with Crippen LogP contribution in [0.4, 0.5) is 0 Å². The van der Waals surface area contributed by atoms with Crippen LogP contribution in [0.15, 0.2) is 18.2 Å². The smallest absolute Gasteiger partial charge is 0.256 e. The summed E-state index contributed by atoms with van der Waals surface area (Å²) in [6.45, 7) is 7.97. The minimum Gasteiger partial charge on any atom is -0.336 e. The second-order valence-corrected chi connectivity index (χ2v) is 7.25. The normalized spacial score (nSPS) is 15.6. The van der Waals surface area contributed by atoms with E-state index >= 15 is 0 Å². The van der Waals surface area contributed by atoms with Gasteiger partial charge in [0.2, 0.25) is 0 Å². The summed E-state index contributed by atoms with van der Waals surface area (Å²) >= 11 is 12.3. The van der Waals surface area contributed by atoms with Gasteiger partial charge in [0, 0.05) is 51.0 Å². The van der Waals surface area contributed by atoms with E-state index in [4.69, 9.17) is 23.2 Å². The van der Waals surface area contributed by atoms with Gasteiger partial charge in [-0.25, -0.2) is 0 Å². The van der Waals surface area contributed by atoms with Gasteiger partial charge in [0.25, 0.3) is 5.91 Å². The molecule has 0 saturated carbocycles. The second-order valence-electron chi connectivity index (χ2n) is 6.44. The first-order valence-corrected chi connectivity index (χ1v) is 9.08. The molecule has 134 valence electrons. The number of amides is 1. The monoisotopic (exact) mass is 380 g/mol. The molecule has 1 aromatic heterocycles. The highest BCUT2D eigenvalue weighted by molar-refractivity contribution is 6.39. The predicted octanol–water partition coefficient (Wildman–Crippen LogP) is 3.30. The van der Waals surface area contributed by atoms with Crippen LogP contribution in [-0.2, 0) is 13.6 Å². The highest BCUT2D eigenvalue weighted by atomic mass is 35.5. The van der Waals surface area contributed by atoms with Gasteiger partial charge in [-0.1, -0.05) is 29.3 Å². The number of aryl methyl sites for hydroxylation is 2. The number of benzene rings is 1. The van der Waals surface area contributed by atoms with Crippen molar-refractivity contribution in [1.29, 1.82) is 0 Å². The zero-order valence-corrected chi connectivity index (χ0v) is 16.2. The SMILES string of the molecule is Cc1nn(C)c(C)c1CN1CCN(C(=O)c2c(Cl)cccc2Cl)CC1. The number of rotatable bonds is 3. The zero-order valence-electron chi connectivity index (χ0n) is 14.7. The fourth-order valence-electron chi connectivity index (χ4n) is 3.24. The van der Waals surface area contributed by atoms with E-state index in [2.05, 4.69) is 16.9 Å². The topological polar surface area (TPSA) is 41.4 Å². The summed E-state index contributed by atoms with van der Waals surface area (Å²) in [4.78, 5) is 16.9. The average Bonchev–Trinajstić information content (AvgIpc) is 2.81. The molecule has 0 aliphatic carbocycles. The molecular formula is C18H22Cl2N4O. The number of piperazine rings is 1. The Labute approximate surface area is 158 Å². The van der Waals surface area contributed by atoms with Gasteiger partial charge in [0.05, 0.1) is 21.3 Å². The molecule has 2 aromatic rings. The summed E-state index contributed by atoms with van der Waals surface area (Å²) in [5.41, 5.74) is 3.94. The molecule has 1 aromatic carbocycles. The molecule has 1 amide bonds. The lowest BCUT2D eigenvalue weighted by atomic mass is 10.1. The Bertz CT molecular complexity index is 774. The molecule has 1 fully saturated rings. The Morgan fingerprint density at radius 3 is 2.24 bits per heavy atom. The van der Waals surface area contributed by atoms with Gasteiger partial charge in [-0.2, -0.15) is 5.10 Å². The van der Waals surface area contributed by atoms with Crippen molar-refractivity contribution in [2.24, 2.45) is 7.05 Å². The number of hydrogen-bond acceptors (Lipinski definition) is 3. The van der Waals surface area contributed by atoms with E-state index in [1.54, 1.807) is 18.2 Å². The predicted molar refractivity (Wildman–Crippen MR) is 100 cm³/mol. The number of aromatic nitrogens is 2. The molecule has 5 nitrogen and oxygen atoms in total. The molecule has 25 heavy (non-hydrogen) atoms. The van der Waals surface area contributed by atoms with Crippen molar-refractivity contribution in [2.45, 2.75) is 20.4 Å². The summed E-state index contributed by atoms with van der Waals surface area (Å²) in [6, 6.07) is 5.15. The van der Waals surface area contributed by atoms with Crippen molar-refractivity contribution in [3.05, 3.63) is 50.8 Å². The second kappa shape index (κ2) is 7.36. The summed E-state index contributed by atoms with van der Waals surface area (Å²) in [5, 5.41) is 5.28. The first-order valence-electron chi connectivity index (χ1n) is 8.33. The molecule has 0 bridgehead atoms. The van der Waals surface area contributed by atoms with Crippen LogP contribution in [0.5, 0.6) is 0 Å². The van der Waals surface area contributed by atoms with Gasteiger partial charge in [-0.05, 0) is 26.0 Å². The fourth-order valence-corrected chi connectivity index (χ4v) is 3.80. The molecule has 0 N–H and O–H groups in total. The van der Waals surface area contributed by atoms with Crippen LogP contribution in [0, 0.1) is 13.8 Å². The van der Waals surface area contributed by atoms with Gasteiger partial charge in [0.1, 0.15) is 0 Å². The first kappa shape index (κ1) is 18.2. The molecule has 1 saturated heterocycles. The third kappa shape index (κ3) is 3.68. The molecule has 3 rings (SSSR count). The average molecular weight is 381 g/mol. The Morgan fingerprint density at radius 1 is 1.12 bits per heavy atom. The van der Waals surface area contributed by atoms with Crippen molar-refractivity contribution in [1.82, 2.24) is 19.6 Å². The lowest BCUT2D eigenvalue weighted by Gasteiger charge is -2.35. The highest BCUT2D eigenvalue weighted by Gasteiger charge is 2.26. The summed E-state index contributed by atoms with van der Waals surface area (Å²) < 4.78 is 1.92. The van der Waals surface area contributed by atoms with E-state index in [1.165, 1.54) is 11.3 Å². The quantitative estimate of drug-likeness (QED) is 0.819. The highest BCUT2D eigenvalue weighted by Crippen LogP contribution is 2.26. The zero-order chi connectivity index (χ0) is 18.1. The first-order chi connectivity index (χ1) is 11.9. The standard InChI is InChI=1S/C18H22Cl2N4O/c1-12-14(13(2)22(3)21-12)11-23-7-9-24(10-8-23)18(25)17-15(19)5-4-6-16(17)20/h4-6H,7-11H2,1-3H3. The summed E-state index contributed by atoms with van der Waals surface area (Å²) in [6.07, 6.45) is 0. The molecule has 0 unspecified atom stereocenters. The van der Waals surface area contributed by atoms with Gasteiger partial charge >= 0.3 is 0 Å². The van der Waals surface area contributed by atoms with E-state index in [0.717, 1.165) is 25.3 Å². The number of halogens is 2. The van der Waals surface area contributed by atoms with E-state index in [1.807, 2.05) is 23.6 Å². The van der Waals surface area contributed by atoms with Gasteiger partial charge in [-0.15, -0.1) is 0 Å². The number of carbonyl (C=O) groups is 1. The Morgan fingerprint density at radius 2 is 1.72 bits per heavy atom. The van der Waals surface area contributed by atoms with E-state index in [-0.39, 0.29) is 5.91 Å². The van der Waals surface area contributed by atoms with Crippen LogP contribution >= 0.6 is 23.2 Å². The number of carbonyl (C=O) groups excluding carboxylic acids is 1. The maximum Gasteiger partial charge on any atom is 0.256 e. The van der Waals surface area contributed by atoms with Crippen LogP contribution in [-0.4, -0.2) is 51.7 Å². The van der Waals surface area contributed by atoms with Crippen molar-refractivity contribution >= 4 is 29.1 Å². The summed E-state index contributed by atoms with van der Waals surface area (Å²) in [7, 11) is 1.97. The minimum absolute atomic E-state index is 0.0935. The third-order valence-corrected chi connectivity index (χ3v) is 5.51. The molecule has 1 aliphatic rings. The van der Waals surface area contributed by atoms with Gasteiger partial charge in [-0.3, -0.25) is 14.4 Å². The largest absolute Gasteiger partial charge is 0.336 e. The van der Waals surface area contributed by atoms with Crippen molar-refractivity contribution in [3.8, 4) is 0 Å². The van der Waals surface area contributed by atoms with Gasteiger partial charge in [0.15, 0.2) is 0 Å². The molecule has 0 radical (unpaired) electrons. The lowest BCUT2D eigenvalue weighted by Crippen LogP contribution is -2.48. The molecular weight excluding hydrogens is 359 g/mol. The molecule has 2 heterocycles. The van der Waals surface area contributed by atoms with E-state index < -0.39 is 0 Å². The van der Waals surface area contributed by atoms with Gasteiger partial charge < -0.3 is 4.90 Å². The maximum absolute atomic E-state index is 12.7. The Kier molecular flexibility index (Phi) is 5.37. The summed E-state index contributed by atoms with van der Waals surface area (Å²) in [5.74, 6) is -0.0935. The third-order valence-electron chi connectivity index (χ3n) is 4.88. The van der Waals surface area contributed by atoms with E-state index in [0.29, 0.717) is 28.7 Å². The van der Waals surface area contributed by atoms with Crippen molar-refractivity contribution < 1.29 is 4.79 Å². The van der Waals surface area contributed by atoms with Crippen LogP contribution in [0.25, 0.3) is 0 Å². The molecule has 1 aliphatic heterocycles. The number of nitrogens with zero attached hydrogens (tertiary/aromatic N) is 4. The lowest BCUT2D eigenvalue weighted by molar-refractivity contribution is 0.0628. The molecule has 0 spiro atoms. The Hall–Kier alpha value is -1.56. The van der Waals surface area contributed by atoms with Crippen molar-refractivity contribution in [2.75, 3.05) is 26.2 Å².